The van der Waals surface area contributed by atoms with Crippen molar-refractivity contribution in [3.63, 3.8) is 0 Å². The van der Waals surface area contributed by atoms with Gasteiger partial charge in [0.2, 0.25) is 10.0 Å². The molecule has 17 heavy (non-hydrogen) atoms. The Labute approximate surface area is 101 Å². The maximum atomic E-state index is 11.9. The number of aryl methyl sites for hydroxylation is 1. The molecule has 7 heteroatoms. The molecule has 0 amide bonds. The van der Waals surface area contributed by atoms with Crippen LogP contribution in [0.1, 0.15) is 19.3 Å². The predicted molar refractivity (Wildman–Crippen MR) is 64.0 cm³/mol. The molecular weight excluding hydrogens is 240 g/mol. The zero-order valence-electron chi connectivity index (χ0n) is 9.89. The lowest BCUT2D eigenvalue weighted by molar-refractivity contribution is 0.398. The van der Waals surface area contributed by atoms with E-state index in [4.69, 9.17) is 0 Å². The summed E-state index contributed by atoms with van der Waals surface area (Å²) in [6.07, 6.45) is 6.21. The van der Waals surface area contributed by atoms with Gasteiger partial charge in [0.1, 0.15) is 4.90 Å². The number of rotatable bonds is 4. The first-order valence-electron chi connectivity index (χ1n) is 5.79. The summed E-state index contributed by atoms with van der Waals surface area (Å²) >= 11 is 0. The van der Waals surface area contributed by atoms with Crippen LogP contribution in [0.4, 0.5) is 0 Å². The molecule has 2 rings (SSSR count). The average molecular weight is 258 g/mol. The Kier molecular flexibility index (Phi) is 3.80. The summed E-state index contributed by atoms with van der Waals surface area (Å²) in [5.74, 6) is 0. The second kappa shape index (κ2) is 5.16. The molecule has 1 atom stereocenters. The highest BCUT2D eigenvalue weighted by molar-refractivity contribution is 7.89. The molecule has 1 saturated heterocycles. The molecule has 1 aliphatic heterocycles. The van der Waals surface area contributed by atoms with Crippen molar-refractivity contribution in [3.05, 3.63) is 12.4 Å². The number of nitrogens with zero attached hydrogens (tertiary/aromatic N) is 2. The molecule has 0 spiro atoms. The maximum absolute atomic E-state index is 11.9. The van der Waals surface area contributed by atoms with Crippen LogP contribution in [0.25, 0.3) is 0 Å². The summed E-state index contributed by atoms with van der Waals surface area (Å²) in [6.45, 7) is 1.41. The fraction of sp³-hybridized carbons (Fsp3) is 0.700. The minimum Gasteiger partial charge on any atom is -0.313 e. The van der Waals surface area contributed by atoms with Crippen LogP contribution in [-0.2, 0) is 17.1 Å². The molecule has 1 aliphatic rings. The first-order valence-corrected chi connectivity index (χ1v) is 7.28. The minimum absolute atomic E-state index is 0.218. The van der Waals surface area contributed by atoms with Crippen molar-refractivity contribution in [2.24, 2.45) is 7.05 Å². The second-order valence-electron chi connectivity index (χ2n) is 4.35. The molecule has 1 aromatic rings. The van der Waals surface area contributed by atoms with Gasteiger partial charge in [-0.25, -0.2) is 13.1 Å². The van der Waals surface area contributed by atoms with E-state index in [0.717, 1.165) is 19.4 Å². The van der Waals surface area contributed by atoms with Gasteiger partial charge in [-0.1, -0.05) is 6.42 Å². The highest BCUT2D eigenvalue weighted by atomic mass is 32.2. The maximum Gasteiger partial charge on any atom is 0.243 e. The quantitative estimate of drug-likeness (QED) is 0.787. The highest BCUT2D eigenvalue weighted by Gasteiger charge is 2.19. The largest absolute Gasteiger partial charge is 0.313 e. The number of sulfonamides is 1. The molecule has 0 aromatic carbocycles. The number of hydrogen-bond donors (Lipinski definition) is 2. The molecule has 6 nitrogen and oxygen atoms in total. The van der Waals surface area contributed by atoms with Crippen LogP contribution in [0.5, 0.6) is 0 Å². The molecule has 96 valence electrons. The topological polar surface area (TPSA) is 76.0 Å². The summed E-state index contributed by atoms with van der Waals surface area (Å²) in [6, 6.07) is 0.246. The standard InChI is InChI=1S/C10H18N4O2S/c1-14-8-10(7-12-14)17(15,16)13-6-9-4-2-3-5-11-9/h7-9,11,13H,2-6H2,1H3. The molecule has 0 radical (unpaired) electrons. The molecular formula is C10H18N4O2S. The van der Waals surface area contributed by atoms with Crippen molar-refractivity contribution in [2.45, 2.75) is 30.2 Å². The van der Waals surface area contributed by atoms with Crippen molar-refractivity contribution < 1.29 is 8.42 Å². The van der Waals surface area contributed by atoms with Gasteiger partial charge in [0.05, 0.1) is 6.20 Å². The Balaban J connectivity index is 1.93. The van der Waals surface area contributed by atoms with E-state index in [1.165, 1.54) is 23.5 Å². The zero-order chi connectivity index (χ0) is 12.3. The first kappa shape index (κ1) is 12.5. The van der Waals surface area contributed by atoms with Gasteiger partial charge in [-0.05, 0) is 19.4 Å². The van der Waals surface area contributed by atoms with Gasteiger partial charge in [-0.3, -0.25) is 4.68 Å². The third kappa shape index (κ3) is 3.27. The molecule has 2 heterocycles. The van der Waals surface area contributed by atoms with Gasteiger partial charge in [0, 0.05) is 25.8 Å². The summed E-state index contributed by atoms with van der Waals surface area (Å²) in [4.78, 5) is 0.218. The molecule has 0 saturated carbocycles. The fourth-order valence-electron chi connectivity index (χ4n) is 1.93. The third-order valence-corrected chi connectivity index (χ3v) is 4.30. The molecule has 2 N–H and O–H groups in total. The van der Waals surface area contributed by atoms with Gasteiger partial charge < -0.3 is 5.32 Å². The monoisotopic (exact) mass is 258 g/mol. The number of nitrogens with one attached hydrogen (secondary N) is 2. The van der Waals surface area contributed by atoms with Crippen LogP contribution in [0.2, 0.25) is 0 Å². The summed E-state index contributed by atoms with van der Waals surface area (Å²) in [5, 5.41) is 7.16. The van der Waals surface area contributed by atoms with E-state index in [2.05, 4.69) is 15.1 Å². The minimum atomic E-state index is -3.41. The van der Waals surface area contributed by atoms with Crippen molar-refractivity contribution in [3.8, 4) is 0 Å². The lowest BCUT2D eigenvalue weighted by Crippen LogP contribution is -2.43. The SMILES string of the molecule is Cn1cc(S(=O)(=O)NCC2CCCCN2)cn1. The average Bonchev–Trinajstić information content (AvgIpc) is 2.76. The van der Waals surface area contributed by atoms with E-state index in [9.17, 15) is 8.42 Å². The summed E-state index contributed by atoms with van der Waals surface area (Å²) < 4.78 is 27.9. The van der Waals surface area contributed by atoms with Crippen LogP contribution in [0.3, 0.4) is 0 Å². The first-order chi connectivity index (χ1) is 8.08. The lowest BCUT2D eigenvalue weighted by atomic mass is 10.1. The van der Waals surface area contributed by atoms with E-state index < -0.39 is 10.0 Å². The van der Waals surface area contributed by atoms with Gasteiger partial charge >= 0.3 is 0 Å². The second-order valence-corrected chi connectivity index (χ2v) is 6.12. The van der Waals surface area contributed by atoms with E-state index >= 15 is 0 Å². The van der Waals surface area contributed by atoms with Crippen LogP contribution in [-0.4, -0.2) is 37.3 Å². The Bertz CT molecular complexity index is 462. The molecule has 1 unspecified atom stereocenters. The normalized spacial score (nSPS) is 21.6. The van der Waals surface area contributed by atoms with Crippen LogP contribution in [0, 0.1) is 0 Å². The molecule has 0 bridgehead atoms. The molecule has 0 aliphatic carbocycles. The Morgan fingerprint density at radius 3 is 3.00 bits per heavy atom. The number of aromatic nitrogens is 2. The van der Waals surface area contributed by atoms with Gasteiger partial charge in [-0.2, -0.15) is 5.10 Å². The van der Waals surface area contributed by atoms with Crippen molar-refractivity contribution in [1.82, 2.24) is 19.8 Å². The van der Waals surface area contributed by atoms with E-state index in [0.29, 0.717) is 6.54 Å². The van der Waals surface area contributed by atoms with Gasteiger partial charge in [-0.15, -0.1) is 0 Å². The van der Waals surface area contributed by atoms with Crippen molar-refractivity contribution in [2.75, 3.05) is 13.1 Å². The van der Waals surface area contributed by atoms with Crippen LogP contribution in [0.15, 0.2) is 17.3 Å². The zero-order valence-corrected chi connectivity index (χ0v) is 10.7. The van der Waals surface area contributed by atoms with Crippen molar-refractivity contribution >= 4 is 10.0 Å². The predicted octanol–water partition coefficient (Wildman–Crippen LogP) is -0.159. The Hall–Kier alpha value is -0.920. The van der Waals surface area contributed by atoms with Crippen LogP contribution >= 0.6 is 0 Å². The number of piperidine rings is 1. The summed E-state index contributed by atoms with van der Waals surface area (Å²) in [5.41, 5.74) is 0. The Morgan fingerprint density at radius 1 is 1.59 bits per heavy atom. The smallest absolute Gasteiger partial charge is 0.243 e. The lowest BCUT2D eigenvalue weighted by Gasteiger charge is -2.23. The third-order valence-electron chi connectivity index (χ3n) is 2.92. The van der Waals surface area contributed by atoms with E-state index in [-0.39, 0.29) is 10.9 Å². The Morgan fingerprint density at radius 2 is 2.41 bits per heavy atom. The molecule has 1 aromatic heterocycles. The fourth-order valence-corrected chi connectivity index (χ4v) is 2.99. The van der Waals surface area contributed by atoms with Crippen molar-refractivity contribution in [1.29, 1.82) is 0 Å². The number of hydrogen-bond acceptors (Lipinski definition) is 4. The highest BCUT2D eigenvalue weighted by Crippen LogP contribution is 2.09. The van der Waals surface area contributed by atoms with Crippen LogP contribution < -0.4 is 10.0 Å². The van der Waals surface area contributed by atoms with Gasteiger partial charge in [0.25, 0.3) is 0 Å². The molecule has 1 fully saturated rings. The van der Waals surface area contributed by atoms with Gasteiger partial charge in [0.15, 0.2) is 0 Å². The van der Waals surface area contributed by atoms with E-state index in [1.807, 2.05) is 0 Å². The van der Waals surface area contributed by atoms with E-state index in [1.54, 1.807) is 7.05 Å². The summed E-state index contributed by atoms with van der Waals surface area (Å²) in [7, 11) is -1.72.